The van der Waals surface area contributed by atoms with Gasteiger partial charge in [0.2, 0.25) is 11.7 Å². The molecule has 0 unspecified atom stereocenters. The first-order valence-corrected chi connectivity index (χ1v) is 6.02. The highest BCUT2D eigenvalue weighted by atomic mass is 16.5. The van der Waals surface area contributed by atoms with E-state index >= 15 is 0 Å². The van der Waals surface area contributed by atoms with Crippen molar-refractivity contribution in [3.05, 3.63) is 24.0 Å². The zero-order valence-electron chi connectivity index (χ0n) is 10.8. The third kappa shape index (κ3) is 2.24. The number of aromatic nitrogens is 4. The summed E-state index contributed by atoms with van der Waals surface area (Å²) in [6.45, 7) is 5.82. The van der Waals surface area contributed by atoms with Crippen LogP contribution in [0.1, 0.15) is 38.4 Å². The number of hydrogen-bond donors (Lipinski definition) is 1. The summed E-state index contributed by atoms with van der Waals surface area (Å²) in [7, 11) is 0. The molecule has 0 bridgehead atoms. The van der Waals surface area contributed by atoms with Crippen molar-refractivity contribution in [3.8, 4) is 11.5 Å². The van der Waals surface area contributed by atoms with Crippen molar-refractivity contribution in [2.24, 2.45) is 5.73 Å². The zero-order chi connectivity index (χ0) is 13.2. The van der Waals surface area contributed by atoms with Gasteiger partial charge in [0, 0.05) is 6.20 Å². The van der Waals surface area contributed by atoms with E-state index in [1.165, 1.54) is 0 Å². The lowest BCUT2D eigenvalue weighted by Gasteiger charge is -2.20. The molecule has 6 heteroatoms. The van der Waals surface area contributed by atoms with E-state index in [-0.39, 0.29) is 0 Å². The molecule has 0 saturated carbocycles. The number of nitrogens with two attached hydrogens (primary N) is 1. The fourth-order valence-electron chi connectivity index (χ4n) is 1.66. The van der Waals surface area contributed by atoms with Crippen LogP contribution in [0.25, 0.3) is 11.5 Å². The molecule has 2 N–H and O–H groups in total. The van der Waals surface area contributed by atoms with E-state index in [9.17, 15) is 0 Å². The van der Waals surface area contributed by atoms with Gasteiger partial charge in [-0.25, -0.2) is 9.97 Å². The lowest BCUT2D eigenvalue weighted by molar-refractivity contribution is 0.268. The molecule has 96 valence electrons. The summed E-state index contributed by atoms with van der Waals surface area (Å²) in [6, 6.07) is 1.75. The molecule has 18 heavy (non-hydrogen) atoms. The molecular weight excluding hydrogens is 230 g/mol. The Hall–Kier alpha value is -1.82. The van der Waals surface area contributed by atoms with Crippen LogP contribution >= 0.6 is 0 Å². The predicted molar refractivity (Wildman–Crippen MR) is 66.5 cm³/mol. The van der Waals surface area contributed by atoms with Crippen LogP contribution in [-0.4, -0.2) is 20.1 Å². The van der Waals surface area contributed by atoms with Crippen molar-refractivity contribution in [2.45, 2.75) is 39.2 Å². The topological polar surface area (TPSA) is 90.7 Å². The van der Waals surface area contributed by atoms with Gasteiger partial charge in [0.15, 0.2) is 0 Å². The maximum absolute atomic E-state index is 6.21. The highest BCUT2D eigenvalue weighted by Gasteiger charge is 2.30. The van der Waals surface area contributed by atoms with Crippen molar-refractivity contribution in [1.29, 1.82) is 0 Å². The molecule has 0 spiro atoms. The van der Waals surface area contributed by atoms with Gasteiger partial charge in [0.1, 0.15) is 11.5 Å². The minimum Gasteiger partial charge on any atom is -0.337 e. The molecular formula is C12H17N5O. The van der Waals surface area contributed by atoms with Gasteiger partial charge in [-0.2, -0.15) is 4.98 Å². The molecule has 2 aromatic heterocycles. The number of rotatable bonds is 4. The largest absolute Gasteiger partial charge is 0.337 e. The maximum Gasteiger partial charge on any atom is 0.247 e. The molecule has 6 nitrogen and oxygen atoms in total. The highest BCUT2D eigenvalue weighted by molar-refractivity contribution is 5.47. The summed E-state index contributed by atoms with van der Waals surface area (Å²) in [6.07, 6.45) is 3.16. The molecule has 0 radical (unpaired) electrons. The van der Waals surface area contributed by atoms with Crippen LogP contribution in [0.2, 0.25) is 0 Å². The average Bonchev–Trinajstić information content (AvgIpc) is 2.88. The quantitative estimate of drug-likeness (QED) is 0.886. The van der Waals surface area contributed by atoms with Crippen molar-refractivity contribution < 1.29 is 4.52 Å². The lowest BCUT2D eigenvalue weighted by atomic mass is 9.94. The van der Waals surface area contributed by atoms with Crippen molar-refractivity contribution in [3.63, 3.8) is 0 Å². The van der Waals surface area contributed by atoms with Crippen molar-refractivity contribution in [1.82, 2.24) is 20.1 Å². The Balaban J connectivity index is 2.36. The molecule has 0 aliphatic carbocycles. The zero-order valence-corrected chi connectivity index (χ0v) is 10.8. The molecule has 2 aromatic rings. The molecule has 0 aliphatic heterocycles. The summed E-state index contributed by atoms with van der Waals surface area (Å²) < 4.78 is 5.26. The Morgan fingerprint density at radius 1 is 1.28 bits per heavy atom. The highest BCUT2D eigenvalue weighted by Crippen LogP contribution is 2.25. The first-order chi connectivity index (χ1) is 8.59. The molecule has 0 amide bonds. The van der Waals surface area contributed by atoms with E-state index < -0.39 is 5.54 Å². The summed E-state index contributed by atoms with van der Waals surface area (Å²) in [5.41, 5.74) is 6.29. The van der Waals surface area contributed by atoms with Crippen LogP contribution in [0.5, 0.6) is 0 Å². The van der Waals surface area contributed by atoms with Gasteiger partial charge < -0.3 is 10.3 Å². The second-order valence-electron chi connectivity index (χ2n) is 4.28. The SMILES string of the molecule is CCC(N)(CC)c1nc(-c2ccnc(C)n2)no1. The second-order valence-corrected chi connectivity index (χ2v) is 4.28. The Morgan fingerprint density at radius 3 is 2.61 bits per heavy atom. The number of nitrogens with zero attached hydrogens (tertiary/aromatic N) is 4. The Morgan fingerprint density at radius 2 is 2.00 bits per heavy atom. The summed E-state index contributed by atoms with van der Waals surface area (Å²) >= 11 is 0. The van der Waals surface area contributed by atoms with Crippen LogP contribution in [0.3, 0.4) is 0 Å². The van der Waals surface area contributed by atoms with Crippen LogP contribution in [0.4, 0.5) is 0 Å². The van der Waals surface area contributed by atoms with E-state index in [4.69, 9.17) is 10.3 Å². The standard InChI is InChI=1S/C12H17N5O/c1-4-12(13,5-2)11-16-10(17-18-11)9-6-7-14-8(3)15-9/h6-7H,4-5,13H2,1-3H3. The minimum absolute atomic E-state index is 0.451. The Bertz CT molecular complexity index is 533. The summed E-state index contributed by atoms with van der Waals surface area (Å²) in [5.74, 6) is 1.58. The molecule has 0 saturated heterocycles. The summed E-state index contributed by atoms with van der Waals surface area (Å²) in [4.78, 5) is 12.6. The van der Waals surface area contributed by atoms with E-state index in [0.717, 1.165) is 12.8 Å². The van der Waals surface area contributed by atoms with Crippen LogP contribution in [0.15, 0.2) is 16.8 Å². The molecule has 0 aliphatic rings. The molecule has 2 rings (SSSR count). The number of hydrogen-bond acceptors (Lipinski definition) is 6. The van der Waals surface area contributed by atoms with Crippen LogP contribution < -0.4 is 5.73 Å². The van der Waals surface area contributed by atoms with Gasteiger partial charge >= 0.3 is 0 Å². The molecule has 0 aromatic carbocycles. The first-order valence-electron chi connectivity index (χ1n) is 6.02. The van der Waals surface area contributed by atoms with E-state index in [2.05, 4.69) is 20.1 Å². The van der Waals surface area contributed by atoms with E-state index in [0.29, 0.717) is 23.2 Å². The normalized spacial score (nSPS) is 11.8. The van der Waals surface area contributed by atoms with E-state index in [1.807, 2.05) is 20.8 Å². The number of aryl methyl sites for hydroxylation is 1. The molecule has 2 heterocycles. The molecule has 0 fully saturated rings. The van der Waals surface area contributed by atoms with Gasteiger partial charge in [0.05, 0.1) is 5.54 Å². The lowest BCUT2D eigenvalue weighted by Crippen LogP contribution is -2.35. The monoisotopic (exact) mass is 247 g/mol. The summed E-state index contributed by atoms with van der Waals surface area (Å²) in [5, 5.41) is 3.93. The van der Waals surface area contributed by atoms with Crippen LogP contribution in [-0.2, 0) is 5.54 Å². The Labute approximate surface area is 106 Å². The van der Waals surface area contributed by atoms with Crippen molar-refractivity contribution in [2.75, 3.05) is 0 Å². The van der Waals surface area contributed by atoms with Gasteiger partial charge in [-0.3, -0.25) is 0 Å². The first kappa shape index (κ1) is 12.6. The van der Waals surface area contributed by atoms with Gasteiger partial charge in [-0.1, -0.05) is 19.0 Å². The van der Waals surface area contributed by atoms with Crippen molar-refractivity contribution >= 4 is 0 Å². The fraction of sp³-hybridized carbons (Fsp3) is 0.500. The average molecular weight is 247 g/mol. The van der Waals surface area contributed by atoms with Gasteiger partial charge in [-0.05, 0) is 25.8 Å². The minimum atomic E-state index is -0.562. The third-order valence-electron chi connectivity index (χ3n) is 3.12. The molecule has 0 atom stereocenters. The third-order valence-corrected chi connectivity index (χ3v) is 3.12. The van der Waals surface area contributed by atoms with Gasteiger partial charge in [-0.15, -0.1) is 0 Å². The predicted octanol–water partition coefficient (Wildman–Crippen LogP) is 1.81. The fourth-order valence-corrected chi connectivity index (χ4v) is 1.66. The Kier molecular flexibility index (Phi) is 3.38. The van der Waals surface area contributed by atoms with Gasteiger partial charge in [0.25, 0.3) is 0 Å². The van der Waals surface area contributed by atoms with Crippen LogP contribution in [0, 0.1) is 6.92 Å². The van der Waals surface area contributed by atoms with E-state index in [1.54, 1.807) is 12.3 Å². The maximum atomic E-state index is 6.21. The second kappa shape index (κ2) is 4.81. The smallest absolute Gasteiger partial charge is 0.247 e.